The lowest BCUT2D eigenvalue weighted by molar-refractivity contribution is 0.0948. The normalized spacial score (nSPS) is 11.6. The Balaban J connectivity index is 0.00000220. The van der Waals surface area contributed by atoms with Gasteiger partial charge >= 0.3 is 0 Å². The molecular formula is C14H18ClFN4O. The third kappa shape index (κ3) is 4.84. The summed E-state index contributed by atoms with van der Waals surface area (Å²) in [5, 5.41) is 9.47. The average molecular weight is 313 g/mol. The third-order valence-electron chi connectivity index (χ3n) is 2.85. The Labute approximate surface area is 128 Å². The van der Waals surface area contributed by atoms with Crippen LogP contribution in [0.25, 0.3) is 11.3 Å². The monoisotopic (exact) mass is 312 g/mol. The van der Waals surface area contributed by atoms with Crippen LogP contribution in [0.4, 0.5) is 4.39 Å². The molecule has 1 aromatic carbocycles. The van der Waals surface area contributed by atoms with E-state index in [-0.39, 0.29) is 30.2 Å². The van der Waals surface area contributed by atoms with E-state index in [1.807, 2.05) is 6.92 Å². The average Bonchev–Trinajstić information content (AvgIpc) is 2.88. The minimum atomic E-state index is -0.307. The van der Waals surface area contributed by atoms with Gasteiger partial charge in [0, 0.05) is 18.2 Å². The van der Waals surface area contributed by atoms with Gasteiger partial charge in [0.05, 0.1) is 5.69 Å². The van der Waals surface area contributed by atoms with E-state index in [2.05, 4.69) is 15.5 Å². The number of carbonyl (C=O) groups excluding carboxylic acids is 1. The van der Waals surface area contributed by atoms with E-state index >= 15 is 0 Å². The lowest BCUT2D eigenvalue weighted by atomic mass is 10.1. The Bertz CT molecular complexity index is 583. The number of amides is 1. The molecule has 114 valence electrons. The molecule has 2 aromatic rings. The van der Waals surface area contributed by atoms with Crippen LogP contribution in [0.1, 0.15) is 23.8 Å². The molecule has 0 aliphatic rings. The number of aromatic amines is 1. The van der Waals surface area contributed by atoms with E-state index < -0.39 is 0 Å². The van der Waals surface area contributed by atoms with Crippen LogP contribution >= 0.6 is 12.4 Å². The summed E-state index contributed by atoms with van der Waals surface area (Å²) in [5.74, 6) is -0.537. The molecule has 1 amide bonds. The standard InChI is InChI=1S/C14H17FN4O.ClH/c1-9(16)6-7-17-14(20)13-8-12(18-19-13)10-2-4-11(15)5-3-10;/h2-5,8-9H,6-7,16H2,1H3,(H,17,20)(H,18,19);1H. The van der Waals surface area contributed by atoms with Gasteiger partial charge < -0.3 is 11.1 Å². The minimum Gasteiger partial charge on any atom is -0.351 e. The van der Waals surface area contributed by atoms with Crippen molar-refractivity contribution in [2.24, 2.45) is 5.73 Å². The maximum atomic E-state index is 12.8. The molecule has 0 spiro atoms. The molecule has 5 nitrogen and oxygen atoms in total. The molecule has 1 heterocycles. The number of nitrogens with one attached hydrogen (secondary N) is 2. The van der Waals surface area contributed by atoms with Crippen molar-refractivity contribution in [3.63, 3.8) is 0 Å². The van der Waals surface area contributed by atoms with Crippen LogP contribution in [-0.4, -0.2) is 28.7 Å². The SMILES string of the molecule is CC(N)CCNC(=O)c1cc(-c2ccc(F)cc2)n[nH]1.Cl. The molecule has 0 bridgehead atoms. The Morgan fingerprint density at radius 3 is 2.71 bits per heavy atom. The summed E-state index contributed by atoms with van der Waals surface area (Å²) in [6.07, 6.45) is 0.713. The summed E-state index contributed by atoms with van der Waals surface area (Å²) in [4.78, 5) is 11.8. The Morgan fingerprint density at radius 1 is 1.43 bits per heavy atom. The van der Waals surface area contributed by atoms with Gasteiger partial charge in [0.1, 0.15) is 11.5 Å². The van der Waals surface area contributed by atoms with Crippen molar-refractivity contribution < 1.29 is 9.18 Å². The first-order valence-electron chi connectivity index (χ1n) is 6.41. The molecule has 21 heavy (non-hydrogen) atoms. The van der Waals surface area contributed by atoms with Gasteiger partial charge in [-0.3, -0.25) is 9.89 Å². The van der Waals surface area contributed by atoms with E-state index in [1.54, 1.807) is 18.2 Å². The van der Waals surface area contributed by atoms with Crippen LogP contribution in [0.15, 0.2) is 30.3 Å². The van der Waals surface area contributed by atoms with Crippen molar-refractivity contribution in [2.45, 2.75) is 19.4 Å². The number of nitrogens with zero attached hydrogens (tertiary/aromatic N) is 1. The van der Waals surface area contributed by atoms with Crippen LogP contribution in [0.5, 0.6) is 0 Å². The summed E-state index contributed by atoms with van der Waals surface area (Å²) in [7, 11) is 0. The van der Waals surface area contributed by atoms with E-state index in [0.29, 0.717) is 24.4 Å². The highest BCUT2D eigenvalue weighted by molar-refractivity contribution is 5.93. The van der Waals surface area contributed by atoms with Crippen LogP contribution < -0.4 is 11.1 Å². The van der Waals surface area contributed by atoms with Crippen molar-refractivity contribution in [1.82, 2.24) is 15.5 Å². The summed E-state index contributed by atoms with van der Waals surface area (Å²) >= 11 is 0. The van der Waals surface area contributed by atoms with E-state index in [9.17, 15) is 9.18 Å². The van der Waals surface area contributed by atoms with Gasteiger partial charge in [-0.2, -0.15) is 5.10 Å². The van der Waals surface area contributed by atoms with Gasteiger partial charge in [-0.15, -0.1) is 12.4 Å². The van der Waals surface area contributed by atoms with Gasteiger partial charge in [0.25, 0.3) is 5.91 Å². The summed E-state index contributed by atoms with van der Waals surface area (Å²) in [6.45, 7) is 2.40. The van der Waals surface area contributed by atoms with Crippen molar-refractivity contribution in [1.29, 1.82) is 0 Å². The number of carbonyl (C=O) groups is 1. The van der Waals surface area contributed by atoms with Crippen molar-refractivity contribution in [2.75, 3.05) is 6.54 Å². The molecular weight excluding hydrogens is 295 g/mol. The number of aromatic nitrogens is 2. The summed E-state index contributed by atoms with van der Waals surface area (Å²) in [6, 6.07) is 7.62. The van der Waals surface area contributed by atoms with Gasteiger partial charge in [0.2, 0.25) is 0 Å². The fourth-order valence-corrected chi connectivity index (χ4v) is 1.72. The molecule has 0 saturated carbocycles. The van der Waals surface area contributed by atoms with E-state index in [0.717, 1.165) is 5.56 Å². The molecule has 0 aliphatic carbocycles. The molecule has 1 atom stereocenters. The van der Waals surface area contributed by atoms with Crippen LogP contribution in [-0.2, 0) is 0 Å². The minimum absolute atomic E-state index is 0. The van der Waals surface area contributed by atoms with Gasteiger partial charge in [-0.1, -0.05) is 0 Å². The van der Waals surface area contributed by atoms with Gasteiger partial charge in [-0.25, -0.2) is 4.39 Å². The van der Waals surface area contributed by atoms with Gasteiger partial charge in [-0.05, 0) is 43.7 Å². The first-order valence-corrected chi connectivity index (χ1v) is 6.41. The smallest absolute Gasteiger partial charge is 0.269 e. The molecule has 0 fully saturated rings. The van der Waals surface area contributed by atoms with E-state index in [4.69, 9.17) is 5.73 Å². The fourth-order valence-electron chi connectivity index (χ4n) is 1.72. The summed E-state index contributed by atoms with van der Waals surface area (Å²) < 4.78 is 12.8. The molecule has 0 aliphatic heterocycles. The van der Waals surface area contributed by atoms with Crippen molar-refractivity contribution in [3.8, 4) is 11.3 Å². The molecule has 0 saturated heterocycles. The highest BCUT2D eigenvalue weighted by Gasteiger charge is 2.10. The Morgan fingerprint density at radius 2 is 2.10 bits per heavy atom. The molecule has 1 aromatic heterocycles. The van der Waals surface area contributed by atoms with Crippen LogP contribution in [0, 0.1) is 5.82 Å². The number of benzene rings is 1. The summed E-state index contributed by atoms with van der Waals surface area (Å²) in [5.41, 5.74) is 7.32. The number of rotatable bonds is 5. The highest BCUT2D eigenvalue weighted by atomic mass is 35.5. The molecule has 7 heteroatoms. The lowest BCUT2D eigenvalue weighted by Crippen LogP contribution is -2.29. The maximum absolute atomic E-state index is 12.8. The van der Waals surface area contributed by atoms with Crippen LogP contribution in [0.2, 0.25) is 0 Å². The predicted molar refractivity (Wildman–Crippen MR) is 81.8 cm³/mol. The highest BCUT2D eigenvalue weighted by Crippen LogP contribution is 2.17. The number of halogens is 2. The molecule has 1 unspecified atom stereocenters. The second-order valence-electron chi connectivity index (χ2n) is 4.70. The number of hydrogen-bond donors (Lipinski definition) is 3. The lowest BCUT2D eigenvalue weighted by Gasteiger charge is -2.05. The first kappa shape index (κ1) is 17.1. The predicted octanol–water partition coefficient (Wildman–Crippen LogP) is 2.10. The number of nitrogens with two attached hydrogens (primary N) is 1. The van der Waals surface area contributed by atoms with E-state index in [1.165, 1.54) is 12.1 Å². The second kappa shape index (κ2) is 7.75. The zero-order valence-electron chi connectivity index (χ0n) is 11.6. The Kier molecular flexibility index (Phi) is 6.33. The molecule has 2 rings (SSSR count). The largest absolute Gasteiger partial charge is 0.351 e. The number of hydrogen-bond acceptors (Lipinski definition) is 3. The third-order valence-corrected chi connectivity index (χ3v) is 2.85. The second-order valence-corrected chi connectivity index (χ2v) is 4.70. The van der Waals surface area contributed by atoms with Crippen molar-refractivity contribution in [3.05, 3.63) is 41.8 Å². The van der Waals surface area contributed by atoms with Gasteiger partial charge in [0.15, 0.2) is 0 Å². The first-order chi connectivity index (χ1) is 9.56. The quantitative estimate of drug-likeness (QED) is 0.790. The Hall–Kier alpha value is -1.92. The maximum Gasteiger partial charge on any atom is 0.269 e. The molecule has 0 radical (unpaired) electrons. The zero-order chi connectivity index (χ0) is 14.5. The zero-order valence-corrected chi connectivity index (χ0v) is 12.4. The number of H-pyrrole nitrogens is 1. The topological polar surface area (TPSA) is 83.8 Å². The van der Waals surface area contributed by atoms with Crippen LogP contribution in [0.3, 0.4) is 0 Å². The fraction of sp³-hybridized carbons (Fsp3) is 0.286. The van der Waals surface area contributed by atoms with Crippen molar-refractivity contribution >= 4 is 18.3 Å². The molecule has 4 N–H and O–H groups in total.